The van der Waals surface area contributed by atoms with E-state index >= 15 is 0 Å². The van der Waals surface area contributed by atoms with Crippen LogP contribution in [0, 0.1) is 0 Å². The molecule has 86 valence electrons. The average Bonchev–Trinajstić information content (AvgIpc) is 2.30. The molecule has 0 aromatic heterocycles. The lowest BCUT2D eigenvalue weighted by Gasteiger charge is -2.11. The molecule has 0 N–H and O–H groups in total. The Hall–Kier alpha value is -1.20. The highest BCUT2D eigenvalue weighted by atomic mass is 79.9. The molecule has 1 aromatic carbocycles. The van der Waals surface area contributed by atoms with Crippen molar-refractivity contribution in [3.63, 3.8) is 0 Å². The predicted molar refractivity (Wildman–Crippen MR) is 61.3 cm³/mol. The second-order valence-corrected chi connectivity index (χ2v) is 3.93. The van der Waals surface area contributed by atoms with Crippen LogP contribution in [0.15, 0.2) is 28.7 Å². The molecule has 0 spiro atoms. The van der Waals surface area contributed by atoms with Gasteiger partial charge in [-0.15, -0.1) is 0 Å². The second kappa shape index (κ2) is 5.77. The monoisotopic (exact) mass is 286 g/mol. The molecule has 16 heavy (non-hydrogen) atoms. The lowest BCUT2D eigenvalue weighted by atomic mass is 10.1. The number of benzene rings is 1. The number of Topliss-reactive ketones (excluding diaryl/α,β-unsaturated/α-hetero) is 1. The van der Waals surface area contributed by atoms with Crippen molar-refractivity contribution in [3.05, 3.63) is 34.3 Å². The maximum Gasteiger partial charge on any atom is 0.343 e. The summed E-state index contributed by atoms with van der Waals surface area (Å²) in [5, 5.41) is 0. The summed E-state index contributed by atoms with van der Waals surface area (Å²) >= 11 is 3.26. The molecule has 4 nitrogen and oxygen atoms in total. The summed E-state index contributed by atoms with van der Waals surface area (Å²) in [6, 6.07) is 6.66. The van der Waals surface area contributed by atoms with Crippen LogP contribution in [0.25, 0.3) is 0 Å². The highest BCUT2D eigenvalue weighted by molar-refractivity contribution is 9.10. The molecule has 1 atom stereocenters. The van der Waals surface area contributed by atoms with E-state index in [9.17, 15) is 9.59 Å². The van der Waals surface area contributed by atoms with Gasteiger partial charge < -0.3 is 9.47 Å². The van der Waals surface area contributed by atoms with Gasteiger partial charge in [0.25, 0.3) is 0 Å². The number of methoxy groups -OCH3 is 2. The first-order valence-corrected chi connectivity index (χ1v) is 5.30. The second-order valence-electron chi connectivity index (χ2n) is 3.01. The maximum atomic E-state index is 11.8. The number of hydrogen-bond acceptors (Lipinski definition) is 4. The Morgan fingerprint density at radius 3 is 2.19 bits per heavy atom. The van der Waals surface area contributed by atoms with Gasteiger partial charge in [-0.25, -0.2) is 4.79 Å². The van der Waals surface area contributed by atoms with Crippen LogP contribution in [0.4, 0.5) is 0 Å². The van der Waals surface area contributed by atoms with Crippen LogP contribution >= 0.6 is 15.9 Å². The molecule has 0 aliphatic rings. The lowest BCUT2D eigenvalue weighted by Crippen LogP contribution is -2.33. The van der Waals surface area contributed by atoms with E-state index in [2.05, 4.69) is 20.7 Å². The zero-order valence-electron chi connectivity index (χ0n) is 8.90. The number of hydrogen-bond donors (Lipinski definition) is 0. The first-order chi connectivity index (χ1) is 7.60. The molecular weight excluding hydrogens is 276 g/mol. The molecule has 0 amide bonds. The summed E-state index contributed by atoms with van der Waals surface area (Å²) < 4.78 is 10.1. The lowest BCUT2D eigenvalue weighted by molar-refractivity contribution is -0.149. The Kier molecular flexibility index (Phi) is 4.64. The molecule has 0 fully saturated rings. The van der Waals surface area contributed by atoms with Crippen LogP contribution in [-0.2, 0) is 14.3 Å². The Labute approximate surface area is 102 Å². The van der Waals surface area contributed by atoms with Crippen molar-refractivity contribution in [2.75, 3.05) is 14.2 Å². The summed E-state index contributed by atoms with van der Waals surface area (Å²) in [5.41, 5.74) is 0.403. The van der Waals surface area contributed by atoms with Crippen LogP contribution in [0.1, 0.15) is 10.4 Å². The van der Waals surface area contributed by atoms with E-state index in [-0.39, 0.29) is 0 Å². The van der Waals surface area contributed by atoms with Gasteiger partial charge in [-0.05, 0) is 12.1 Å². The highest BCUT2D eigenvalue weighted by Crippen LogP contribution is 2.13. The zero-order valence-corrected chi connectivity index (χ0v) is 10.5. The van der Waals surface area contributed by atoms with Crippen molar-refractivity contribution >= 4 is 27.7 Å². The fraction of sp³-hybridized carbons (Fsp3) is 0.273. The Bertz CT molecular complexity index is 385. The molecule has 5 heteroatoms. The Morgan fingerprint density at radius 1 is 1.19 bits per heavy atom. The minimum Gasteiger partial charge on any atom is -0.467 e. The number of halogens is 1. The normalized spacial score (nSPS) is 11.9. The first kappa shape index (κ1) is 12.9. The van der Waals surface area contributed by atoms with Gasteiger partial charge in [-0.1, -0.05) is 28.1 Å². The van der Waals surface area contributed by atoms with Crippen molar-refractivity contribution < 1.29 is 19.1 Å². The van der Waals surface area contributed by atoms with Gasteiger partial charge in [-0.3, -0.25) is 4.79 Å². The first-order valence-electron chi connectivity index (χ1n) is 4.50. The van der Waals surface area contributed by atoms with Gasteiger partial charge in [0.05, 0.1) is 7.11 Å². The third kappa shape index (κ3) is 2.90. The van der Waals surface area contributed by atoms with Crippen molar-refractivity contribution in [3.8, 4) is 0 Å². The standard InChI is InChI=1S/C11H11BrO4/c1-15-10(11(14)16-2)9(13)7-3-5-8(12)6-4-7/h3-6,10H,1-2H3. The van der Waals surface area contributed by atoms with Crippen LogP contribution in [0.2, 0.25) is 0 Å². The summed E-state index contributed by atoms with van der Waals surface area (Å²) in [5.74, 6) is -1.11. The molecule has 0 bridgehead atoms. The fourth-order valence-electron chi connectivity index (χ4n) is 1.18. The molecular formula is C11H11BrO4. The quantitative estimate of drug-likeness (QED) is 0.481. The van der Waals surface area contributed by atoms with E-state index in [1.54, 1.807) is 24.3 Å². The van der Waals surface area contributed by atoms with Gasteiger partial charge in [0.2, 0.25) is 11.9 Å². The third-order valence-electron chi connectivity index (χ3n) is 2.02. The summed E-state index contributed by atoms with van der Waals surface area (Å²) in [7, 11) is 2.50. The highest BCUT2D eigenvalue weighted by Gasteiger charge is 2.28. The van der Waals surface area contributed by atoms with E-state index in [0.717, 1.165) is 4.47 Å². The van der Waals surface area contributed by atoms with E-state index in [4.69, 9.17) is 4.74 Å². The Balaban J connectivity index is 2.91. The van der Waals surface area contributed by atoms with Gasteiger partial charge in [-0.2, -0.15) is 0 Å². The van der Waals surface area contributed by atoms with Gasteiger partial charge in [0, 0.05) is 17.1 Å². The number of ketones is 1. The van der Waals surface area contributed by atoms with Crippen molar-refractivity contribution in [2.45, 2.75) is 6.10 Å². The topological polar surface area (TPSA) is 52.6 Å². The molecule has 1 aromatic rings. The van der Waals surface area contributed by atoms with Crippen molar-refractivity contribution in [2.24, 2.45) is 0 Å². The molecule has 1 rings (SSSR count). The zero-order chi connectivity index (χ0) is 12.1. The van der Waals surface area contributed by atoms with E-state index < -0.39 is 17.9 Å². The van der Waals surface area contributed by atoms with Crippen LogP contribution in [0.3, 0.4) is 0 Å². The molecule has 0 heterocycles. The summed E-state index contributed by atoms with van der Waals surface area (Å²) in [6.45, 7) is 0. The third-order valence-corrected chi connectivity index (χ3v) is 2.55. The number of ether oxygens (including phenoxy) is 2. The van der Waals surface area contributed by atoms with Crippen LogP contribution in [0.5, 0.6) is 0 Å². The van der Waals surface area contributed by atoms with Crippen LogP contribution < -0.4 is 0 Å². The van der Waals surface area contributed by atoms with Gasteiger partial charge in [0.15, 0.2) is 0 Å². The minimum atomic E-state index is -1.20. The van der Waals surface area contributed by atoms with Crippen molar-refractivity contribution in [1.29, 1.82) is 0 Å². The largest absolute Gasteiger partial charge is 0.467 e. The smallest absolute Gasteiger partial charge is 0.343 e. The molecule has 0 saturated carbocycles. The fourth-order valence-corrected chi connectivity index (χ4v) is 1.45. The van der Waals surface area contributed by atoms with Crippen LogP contribution in [-0.4, -0.2) is 32.1 Å². The number of carbonyl (C=O) groups is 2. The predicted octanol–water partition coefficient (Wildman–Crippen LogP) is 1.82. The number of esters is 1. The van der Waals surface area contributed by atoms with E-state index in [0.29, 0.717) is 5.56 Å². The molecule has 1 unspecified atom stereocenters. The number of carbonyl (C=O) groups excluding carboxylic acids is 2. The number of rotatable bonds is 4. The van der Waals surface area contributed by atoms with Crippen molar-refractivity contribution in [1.82, 2.24) is 0 Å². The summed E-state index contributed by atoms with van der Waals surface area (Å²) in [4.78, 5) is 23.1. The SMILES string of the molecule is COC(=O)C(OC)C(=O)c1ccc(Br)cc1. The Morgan fingerprint density at radius 2 is 1.75 bits per heavy atom. The molecule has 0 radical (unpaired) electrons. The van der Waals surface area contributed by atoms with Gasteiger partial charge in [0.1, 0.15) is 0 Å². The van der Waals surface area contributed by atoms with Gasteiger partial charge >= 0.3 is 5.97 Å². The summed E-state index contributed by atoms with van der Waals surface area (Å²) in [6.07, 6.45) is -1.20. The molecule has 0 aliphatic heterocycles. The molecule has 0 saturated heterocycles. The van der Waals surface area contributed by atoms with E-state index in [1.807, 2.05) is 0 Å². The molecule has 0 aliphatic carbocycles. The van der Waals surface area contributed by atoms with E-state index in [1.165, 1.54) is 14.2 Å². The average molecular weight is 287 g/mol. The maximum absolute atomic E-state index is 11.8. The minimum absolute atomic E-state index is 0.403.